The largest absolute Gasteiger partial charge is 0.281 e. The van der Waals surface area contributed by atoms with Crippen LogP contribution in [0.2, 0.25) is 0 Å². The highest BCUT2D eigenvalue weighted by Crippen LogP contribution is 2.28. The third-order valence-electron chi connectivity index (χ3n) is 1.61. The Morgan fingerprint density at radius 1 is 1.19 bits per heavy atom. The van der Waals surface area contributed by atoms with Gasteiger partial charge in [-0.1, -0.05) is 0 Å². The van der Waals surface area contributed by atoms with Crippen LogP contribution in [0.5, 0.6) is 0 Å². The number of benzene rings is 1. The summed E-state index contributed by atoms with van der Waals surface area (Å²) in [5.41, 5.74) is 0.631. The lowest BCUT2D eigenvalue weighted by Crippen LogP contribution is -2.19. The maximum Gasteiger partial charge on any atom is 0.233 e. The molecule has 0 amide bonds. The van der Waals surface area contributed by atoms with E-state index in [9.17, 15) is 8.42 Å². The second-order valence-electron chi connectivity index (χ2n) is 2.85. The third-order valence-corrected chi connectivity index (χ3v) is 5.60. The smallest absolute Gasteiger partial charge is 0.233 e. The van der Waals surface area contributed by atoms with E-state index in [0.29, 0.717) is 5.69 Å². The van der Waals surface area contributed by atoms with Crippen LogP contribution in [0.25, 0.3) is 0 Å². The van der Waals surface area contributed by atoms with Crippen molar-refractivity contribution in [3.63, 3.8) is 0 Å². The van der Waals surface area contributed by atoms with Crippen LogP contribution in [0.15, 0.2) is 12.1 Å². The van der Waals surface area contributed by atoms with Crippen LogP contribution in [0, 0.1) is 10.7 Å². The lowest BCUT2D eigenvalue weighted by atomic mass is 10.3. The molecule has 90 valence electrons. The molecule has 1 rings (SSSR count). The molecule has 1 aromatic carbocycles. The number of alkyl halides is 1. The number of hydrogen-bond acceptors (Lipinski definition) is 2. The molecule has 0 bridgehead atoms. The van der Waals surface area contributed by atoms with Crippen molar-refractivity contribution in [3.05, 3.63) is 22.8 Å². The number of rotatable bonds is 4. The van der Waals surface area contributed by atoms with E-state index in [1.165, 1.54) is 0 Å². The molecular weight excluding hydrogens is 590 g/mol. The summed E-state index contributed by atoms with van der Waals surface area (Å²) in [6.45, 7) is 0. The Morgan fingerprint density at radius 2 is 1.69 bits per heavy atom. The molecule has 0 aromatic heterocycles. The van der Waals surface area contributed by atoms with Crippen molar-refractivity contribution in [2.24, 2.45) is 0 Å². The second kappa shape index (κ2) is 6.57. The molecule has 3 nitrogen and oxygen atoms in total. The molecule has 0 atom stereocenters. The summed E-state index contributed by atoms with van der Waals surface area (Å²) in [6.07, 6.45) is 0. The van der Waals surface area contributed by atoms with Crippen LogP contribution in [-0.4, -0.2) is 20.1 Å². The first-order valence-electron chi connectivity index (χ1n) is 4.07. The molecule has 8 heteroatoms. The van der Waals surface area contributed by atoms with E-state index in [1.54, 1.807) is 0 Å². The number of hydrogen-bond donors (Lipinski definition) is 1. The molecule has 0 radical (unpaired) electrons. The fourth-order valence-electron chi connectivity index (χ4n) is 0.948. The highest BCUT2D eigenvalue weighted by atomic mass is 127. The minimum Gasteiger partial charge on any atom is -0.281 e. The maximum atomic E-state index is 11.6. The van der Waals surface area contributed by atoms with Gasteiger partial charge in [0.15, 0.2) is 0 Å². The maximum absolute atomic E-state index is 11.6. The monoisotopic (exact) mass is 597 g/mol. The van der Waals surface area contributed by atoms with Gasteiger partial charge in [0.25, 0.3) is 0 Å². The van der Waals surface area contributed by atoms with Gasteiger partial charge in [0, 0.05) is 16.6 Å². The molecule has 0 fully saturated rings. The van der Waals surface area contributed by atoms with Crippen LogP contribution in [-0.2, 0) is 10.0 Å². The summed E-state index contributed by atoms with van der Waals surface area (Å²) in [5, 5.41) is 0. The predicted molar refractivity (Wildman–Crippen MR) is 92.7 cm³/mol. The minimum atomic E-state index is -3.34. The first-order valence-corrected chi connectivity index (χ1v) is 9.49. The van der Waals surface area contributed by atoms with Gasteiger partial charge in [-0.2, -0.15) is 0 Å². The van der Waals surface area contributed by atoms with Gasteiger partial charge in [-0.05, 0) is 79.9 Å². The number of nitrogens with one attached hydrogen (secondary N) is 1. The Bertz CT molecular complexity index is 469. The molecule has 0 saturated heterocycles. The van der Waals surface area contributed by atoms with E-state index < -0.39 is 10.0 Å². The summed E-state index contributed by atoms with van der Waals surface area (Å²) < 4.78 is 28.6. The van der Waals surface area contributed by atoms with Crippen LogP contribution in [0.3, 0.4) is 0 Å². The molecule has 0 aliphatic rings. The molecule has 1 aromatic rings. The summed E-state index contributed by atoms with van der Waals surface area (Å²) in [5.74, 6) is 0.0135. The summed E-state index contributed by atoms with van der Waals surface area (Å²) in [7, 11) is -3.34. The van der Waals surface area contributed by atoms with E-state index in [1.807, 2.05) is 12.1 Å². The van der Waals surface area contributed by atoms with Gasteiger partial charge in [-0.25, -0.2) is 8.42 Å². The number of halogens is 4. The standard InChI is InChI=1S/C8H7ClI3NO2S/c9-1-2-16(14,15)13-8-6(11)3-5(10)4-7(8)12/h3-4,13H,1-2H2. The third kappa shape index (κ3) is 4.61. The highest BCUT2D eigenvalue weighted by molar-refractivity contribution is 14.1. The Balaban J connectivity index is 3.07. The van der Waals surface area contributed by atoms with E-state index in [2.05, 4.69) is 72.5 Å². The van der Waals surface area contributed by atoms with Gasteiger partial charge in [-0.15, -0.1) is 11.6 Å². The molecular formula is C8H7ClI3NO2S. The lowest BCUT2D eigenvalue weighted by Gasteiger charge is -2.11. The topological polar surface area (TPSA) is 46.2 Å². The Hall–Kier alpha value is 1.45. The van der Waals surface area contributed by atoms with Gasteiger partial charge in [0.05, 0.1) is 11.4 Å². The average molecular weight is 597 g/mol. The SMILES string of the molecule is O=S(=O)(CCCl)Nc1c(I)cc(I)cc1I. The molecule has 0 heterocycles. The zero-order valence-electron chi connectivity index (χ0n) is 7.81. The van der Waals surface area contributed by atoms with Gasteiger partial charge in [0.1, 0.15) is 0 Å². The van der Waals surface area contributed by atoms with Crippen molar-refractivity contribution in [3.8, 4) is 0 Å². The van der Waals surface area contributed by atoms with Crippen molar-refractivity contribution < 1.29 is 8.42 Å². The summed E-state index contributed by atoms with van der Waals surface area (Å²) in [4.78, 5) is 0. The second-order valence-corrected chi connectivity index (χ2v) is 8.64. The lowest BCUT2D eigenvalue weighted by molar-refractivity contribution is 0.602. The van der Waals surface area contributed by atoms with E-state index in [4.69, 9.17) is 11.6 Å². The Labute approximate surface area is 141 Å². The van der Waals surface area contributed by atoms with Crippen molar-refractivity contribution >= 4 is 95.1 Å². The van der Waals surface area contributed by atoms with Crippen LogP contribution >= 0.6 is 79.4 Å². The van der Waals surface area contributed by atoms with Gasteiger partial charge in [-0.3, -0.25) is 4.72 Å². The number of anilines is 1. The summed E-state index contributed by atoms with van der Waals surface area (Å²) >= 11 is 11.8. The van der Waals surface area contributed by atoms with Crippen LogP contribution in [0.4, 0.5) is 5.69 Å². The van der Waals surface area contributed by atoms with E-state index in [0.717, 1.165) is 10.7 Å². The first kappa shape index (κ1) is 15.5. The Kier molecular flexibility index (Phi) is 6.37. The number of sulfonamides is 1. The van der Waals surface area contributed by atoms with Crippen molar-refractivity contribution in [1.29, 1.82) is 0 Å². The quantitative estimate of drug-likeness (QED) is 0.427. The van der Waals surface area contributed by atoms with Crippen molar-refractivity contribution in [2.75, 3.05) is 16.4 Å². The fraction of sp³-hybridized carbons (Fsp3) is 0.250. The summed E-state index contributed by atoms with van der Waals surface area (Å²) in [6, 6.07) is 3.84. The van der Waals surface area contributed by atoms with Gasteiger partial charge < -0.3 is 0 Å². The zero-order valence-corrected chi connectivity index (χ0v) is 15.9. The average Bonchev–Trinajstić information content (AvgIpc) is 2.11. The predicted octanol–water partition coefficient (Wildman–Crippen LogP) is 3.48. The fourth-order valence-corrected chi connectivity index (χ4v) is 6.61. The van der Waals surface area contributed by atoms with Crippen molar-refractivity contribution in [2.45, 2.75) is 0 Å². The normalized spacial score (nSPS) is 11.5. The highest BCUT2D eigenvalue weighted by Gasteiger charge is 2.14. The molecule has 0 unspecified atom stereocenters. The Morgan fingerprint density at radius 3 is 2.12 bits per heavy atom. The molecule has 0 aliphatic heterocycles. The molecule has 1 N–H and O–H groups in total. The minimum absolute atomic E-state index is 0.0767. The molecule has 16 heavy (non-hydrogen) atoms. The zero-order chi connectivity index (χ0) is 12.3. The van der Waals surface area contributed by atoms with Gasteiger partial charge >= 0.3 is 0 Å². The molecule has 0 spiro atoms. The first-order chi connectivity index (χ1) is 7.35. The molecule has 0 saturated carbocycles. The van der Waals surface area contributed by atoms with Gasteiger partial charge in [0.2, 0.25) is 10.0 Å². The van der Waals surface area contributed by atoms with Crippen molar-refractivity contribution in [1.82, 2.24) is 0 Å². The van der Waals surface area contributed by atoms with E-state index >= 15 is 0 Å². The molecule has 0 aliphatic carbocycles. The van der Waals surface area contributed by atoms with E-state index in [-0.39, 0.29) is 11.6 Å². The van der Waals surface area contributed by atoms with Crippen LogP contribution < -0.4 is 4.72 Å². The van der Waals surface area contributed by atoms with Crippen LogP contribution in [0.1, 0.15) is 0 Å².